The molecule has 1 saturated heterocycles. The second kappa shape index (κ2) is 4.10. The Morgan fingerprint density at radius 1 is 1.64 bits per heavy atom. The molecule has 0 radical (unpaired) electrons. The number of aliphatic carboxylic acids is 1. The number of carboxylic acid groups (broad SMARTS) is 1. The molecule has 6 heteroatoms. The standard InChI is InChI=1S/C8H8ClNO2S2/c9-6-2-1-5(14-6)7-10-4(3-13-7)8(11)12/h1-2,4,7,10H,3H2,(H,11,12)/t4-,7-/m1/s1. The van der Waals surface area contributed by atoms with Crippen LogP contribution in [0.2, 0.25) is 4.34 Å². The predicted molar refractivity (Wildman–Crippen MR) is 59.1 cm³/mol. The fourth-order valence-electron chi connectivity index (χ4n) is 1.25. The summed E-state index contributed by atoms with van der Waals surface area (Å²) in [5, 5.41) is 11.9. The first-order valence-electron chi connectivity index (χ1n) is 4.02. The number of thioether (sulfide) groups is 1. The van der Waals surface area contributed by atoms with Crippen LogP contribution in [0, 0.1) is 0 Å². The predicted octanol–water partition coefficient (Wildman–Crippen LogP) is 2.19. The smallest absolute Gasteiger partial charge is 0.321 e. The Morgan fingerprint density at radius 2 is 2.43 bits per heavy atom. The lowest BCUT2D eigenvalue weighted by atomic mass is 10.3. The van der Waals surface area contributed by atoms with Gasteiger partial charge in [-0.15, -0.1) is 23.1 Å². The number of carbonyl (C=O) groups is 1. The number of carboxylic acids is 1. The van der Waals surface area contributed by atoms with E-state index >= 15 is 0 Å². The zero-order chi connectivity index (χ0) is 10.1. The van der Waals surface area contributed by atoms with Gasteiger partial charge in [-0.25, -0.2) is 0 Å². The molecule has 0 saturated carbocycles. The molecular formula is C8H8ClNO2S2. The largest absolute Gasteiger partial charge is 0.480 e. The zero-order valence-electron chi connectivity index (χ0n) is 7.07. The van der Waals surface area contributed by atoms with Gasteiger partial charge >= 0.3 is 5.97 Å². The Kier molecular flexibility index (Phi) is 3.02. The monoisotopic (exact) mass is 249 g/mol. The van der Waals surface area contributed by atoms with E-state index < -0.39 is 12.0 Å². The highest BCUT2D eigenvalue weighted by Gasteiger charge is 2.30. The quantitative estimate of drug-likeness (QED) is 0.844. The highest BCUT2D eigenvalue weighted by Crippen LogP contribution is 2.37. The van der Waals surface area contributed by atoms with E-state index in [9.17, 15) is 4.79 Å². The molecule has 0 aromatic carbocycles. The molecule has 14 heavy (non-hydrogen) atoms. The molecule has 1 fully saturated rings. The molecule has 0 amide bonds. The summed E-state index contributed by atoms with van der Waals surface area (Å²) < 4.78 is 0.737. The molecule has 0 unspecified atom stereocenters. The van der Waals surface area contributed by atoms with E-state index in [-0.39, 0.29) is 5.37 Å². The molecule has 1 aliphatic rings. The van der Waals surface area contributed by atoms with Crippen molar-refractivity contribution in [3.8, 4) is 0 Å². The Balaban J connectivity index is 2.05. The second-order valence-electron chi connectivity index (χ2n) is 2.91. The van der Waals surface area contributed by atoms with Crippen molar-refractivity contribution in [2.24, 2.45) is 0 Å². The summed E-state index contributed by atoms with van der Waals surface area (Å²) in [5.74, 6) is -0.183. The van der Waals surface area contributed by atoms with E-state index in [1.807, 2.05) is 12.1 Å². The lowest BCUT2D eigenvalue weighted by molar-refractivity contribution is -0.138. The van der Waals surface area contributed by atoms with E-state index in [0.29, 0.717) is 5.75 Å². The van der Waals surface area contributed by atoms with Crippen LogP contribution in [0.25, 0.3) is 0 Å². The average molecular weight is 250 g/mol. The van der Waals surface area contributed by atoms with Crippen LogP contribution in [0.5, 0.6) is 0 Å². The Bertz CT molecular complexity index is 355. The molecule has 2 heterocycles. The van der Waals surface area contributed by atoms with E-state index in [0.717, 1.165) is 9.21 Å². The third-order valence-electron chi connectivity index (χ3n) is 1.93. The summed E-state index contributed by atoms with van der Waals surface area (Å²) >= 11 is 8.90. The molecule has 2 N–H and O–H groups in total. The summed E-state index contributed by atoms with van der Waals surface area (Å²) in [4.78, 5) is 11.8. The van der Waals surface area contributed by atoms with Crippen LogP contribution in [0.15, 0.2) is 12.1 Å². The molecule has 1 aliphatic heterocycles. The Labute approximate surface area is 94.5 Å². The van der Waals surface area contributed by atoms with Gasteiger partial charge < -0.3 is 5.11 Å². The number of hydrogen-bond donors (Lipinski definition) is 2. The number of nitrogens with one attached hydrogen (secondary N) is 1. The highest BCUT2D eigenvalue weighted by molar-refractivity contribution is 7.99. The van der Waals surface area contributed by atoms with Crippen LogP contribution in [-0.2, 0) is 4.79 Å². The van der Waals surface area contributed by atoms with E-state index in [1.165, 1.54) is 11.3 Å². The fourth-order valence-corrected chi connectivity index (χ4v) is 3.73. The fraction of sp³-hybridized carbons (Fsp3) is 0.375. The Hall–Kier alpha value is -0.230. The molecule has 3 nitrogen and oxygen atoms in total. The van der Waals surface area contributed by atoms with Gasteiger partial charge in [0.2, 0.25) is 0 Å². The van der Waals surface area contributed by atoms with Crippen molar-refractivity contribution >= 4 is 40.7 Å². The first-order chi connectivity index (χ1) is 6.66. The number of thiophene rings is 1. The molecule has 1 aromatic heterocycles. The first-order valence-corrected chi connectivity index (χ1v) is 6.27. The number of rotatable bonds is 2. The molecule has 1 aromatic rings. The topological polar surface area (TPSA) is 49.3 Å². The van der Waals surface area contributed by atoms with Crippen molar-refractivity contribution in [3.63, 3.8) is 0 Å². The normalized spacial score (nSPS) is 26.6. The van der Waals surface area contributed by atoms with Gasteiger partial charge in [0.05, 0.1) is 9.71 Å². The van der Waals surface area contributed by atoms with Crippen LogP contribution in [0.3, 0.4) is 0 Å². The maximum Gasteiger partial charge on any atom is 0.321 e. The van der Waals surface area contributed by atoms with E-state index in [1.54, 1.807) is 11.8 Å². The van der Waals surface area contributed by atoms with Crippen molar-refractivity contribution in [1.29, 1.82) is 0 Å². The molecule has 76 valence electrons. The minimum atomic E-state index is -0.789. The molecule has 0 aliphatic carbocycles. The van der Waals surface area contributed by atoms with Gasteiger partial charge in [-0.2, -0.15) is 0 Å². The van der Waals surface area contributed by atoms with E-state index in [4.69, 9.17) is 16.7 Å². The molecule has 2 rings (SSSR count). The summed E-state index contributed by atoms with van der Waals surface area (Å²) in [6.45, 7) is 0. The molecule has 2 atom stereocenters. The highest BCUT2D eigenvalue weighted by atomic mass is 35.5. The van der Waals surface area contributed by atoms with Crippen LogP contribution in [0.1, 0.15) is 10.3 Å². The molecule has 0 bridgehead atoms. The zero-order valence-corrected chi connectivity index (χ0v) is 9.46. The van der Waals surface area contributed by atoms with Crippen molar-refractivity contribution in [2.45, 2.75) is 11.4 Å². The van der Waals surface area contributed by atoms with Crippen LogP contribution in [0.4, 0.5) is 0 Å². The van der Waals surface area contributed by atoms with Crippen molar-refractivity contribution < 1.29 is 9.90 Å². The van der Waals surface area contributed by atoms with Gasteiger partial charge in [-0.05, 0) is 12.1 Å². The van der Waals surface area contributed by atoms with Crippen molar-refractivity contribution in [1.82, 2.24) is 5.32 Å². The van der Waals surface area contributed by atoms with Crippen LogP contribution >= 0.6 is 34.7 Å². The number of halogens is 1. The van der Waals surface area contributed by atoms with Crippen LogP contribution in [-0.4, -0.2) is 22.9 Å². The maximum absolute atomic E-state index is 10.7. The number of hydrogen-bond acceptors (Lipinski definition) is 4. The average Bonchev–Trinajstić information content (AvgIpc) is 2.70. The third kappa shape index (κ3) is 2.06. The molecular weight excluding hydrogens is 242 g/mol. The minimum Gasteiger partial charge on any atom is -0.480 e. The lowest BCUT2D eigenvalue weighted by Gasteiger charge is -2.07. The third-order valence-corrected chi connectivity index (χ3v) is 4.63. The van der Waals surface area contributed by atoms with Gasteiger partial charge in [0.15, 0.2) is 0 Å². The van der Waals surface area contributed by atoms with Gasteiger partial charge in [-0.1, -0.05) is 11.6 Å². The van der Waals surface area contributed by atoms with Crippen LogP contribution < -0.4 is 5.32 Å². The van der Waals surface area contributed by atoms with E-state index in [2.05, 4.69) is 5.32 Å². The van der Waals surface area contributed by atoms with Crippen molar-refractivity contribution in [3.05, 3.63) is 21.3 Å². The van der Waals surface area contributed by atoms with Gasteiger partial charge in [0, 0.05) is 10.6 Å². The van der Waals surface area contributed by atoms with Gasteiger partial charge in [-0.3, -0.25) is 10.1 Å². The maximum atomic E-state index is 10.7. The van der Waals surface area contributed by atoms with Gasteiger partial charge in [0.25, 0.3) is 0 Å². The summed E-state index contributed by atoms with van der Waals surface area (Å²) in [5.41, 5.74) is 0. The van der Waals surface area contributed by atoms with Crippen molar-refractivity contribution in [2.75, 3.05) is 5.75 Å². The first kappa shape index (κ1) is 10.3. The minimum absolute atomic E-state index is 0.0774. The second-order valence-corrected chi connectivity index (χ2v) is 5.80. The summed E-state index contributed by atoms with van der Waals surface area (Å²) in [7, 11) is 0. The summed E-state index contributed by atoms with van der Waals surface area (Å²) in [6.07, 6.45) is 0. The van der Waals surface area contributed by atoms with Gasteiger partial charge in [0.1, 0.15) is 6.04 Å². The summed E-state index contributed by atoms with van der Waals surface area (Å²) in [6, 6.07) is 3.32. The SMILES string of the molecule is O=C(O)[C@H]1CS[C@H](c2ccc(Cl)s2)N1. The molecule has 0 spiro atoms. The Morgan fingerprint density at radius 3 is 2.93 bits per heavy atom. The lowest BCUT2D eigenvalue weighted by Crippen LogP contribution is -2.33.